The number of nitrogens with one attached hydrogen (secondary N) is 1. The first-order valence-corrected chi connectivity index (χ1v) is 7.81. The van der Waals surface area contributed by atoms with Crippen LogP contribution in [-0.2, 0) is 0 Å². The van der Waals surface area contributed by atoms with Gasteiger partial charge in [0.1, 0.15) is 0 Å². The van der Waals surface area contributed by atoms with E-state index in [2.05, 4.69) is 5.32 Å². The Morgan fingerprint density at radius 3 is 2.84 bits per heavy atom. The summed E-state index contributed by atoms with van der Waals surface area (Å²) in [5, 5.41) is 15.4. The van der Waals surface area contributed by atoms with Gasteiger partial charge in [-0.3, -0.25) is 0 Å². The van der Waals surface area contributed by atoms with Gasteiger partial charge in [0, 0.05) is 10.7 Å². The highest BCUT2D eigenvalue weighted by molar-refractivity contribution is 6.30. The Morgan fingerprint density at radius 2 is 2.00 bits per heavy atom. The minimum Gasteiger partial charge on any atom is -0.387 e. The largest absolute Gasteiger partial charge is 0.387 e. The fourth-order valence-corrected chi connectivity index (χ4v) is 4.09. The van der Waals surface area contributed by atoms with Crippen molar-refractivity contribution in [2.75, 3.05) is 5.32 Å². The van der Waals surface area contributed by atoms with Gasteiger partial charge in [0.25, 0.3) is 0 Å². The topological polar surface area (TPSA) is 32.3 Å². The van der Waals surface area contributed by atoms with Crippen molar-refractivity contribution in [3.05, 3.63) is 29.3 Å². The maximum Gasteiger partial charge on any atom is 0.0875 e. The molecule has 0 radical (unpaired) electrons. The van der Waals surface area contributed by atoms with Crippen molar-refractivity contribution < 1.29 is 5.11 Å². The van der Waals surface area contributed by atoms with Crippen LogP contribution in [0.4, 0.5) is 5.69 Å². The van der Waals surface area contributed by atoms with E-state index >= 15 is 0 Å². The first kappa shape index (κ1) is 13.3. The zero-order valence-corrected chi connectivity index (χ0v) is 12.0. The molecule has 104 valence electrons. The summed E-state index contributed by atoms with van der Waals surface area (Å²) < 4.78 is 0. The van der Waals surface area contributed by atoms with E-state index < -0.39 is 5.60 Å². The van der Waals surface area contributed by atoms with Crippen molar-refractivity contribution >= 4 is 17.3 Å². The maximum absolute atomic E-state index is 11.1. The number of benzene rings is 1. The molecule has 0 amide bonds. The molecule has 3 heteroatoms. The summed E-state index contributed by atoms with van der Waals surface area (Å²) in [6, 6.07) is 7.98. The highest BCUT2D eigenvalue weighted by atomic mass is 35.5. The molecule has 0 spiro atoms. The SMILES string of the molecule is O[C@]12CCCC[C@@H]1CCC[C@@H]2Nc1cccc(Cl)c1. The summed E-state index contributed by atoms with van der Waals surface area (Å²) in [6.45, 7) is 0. The van der Waals surface area contributed by atoms with Crippen molar-refractivity contribution in [1.29, 1.82) is 0 Å². The molecule has 0 aliphatic heterocycles. The van der Waals surface area contributed by atoms with E-state index in [9.17, 15) is 5.11 Å². The molecule has 2 N–H and O–H groups in total. The Bertz CT molecular complexity index is 448. The number of aliphatic hydroxyl groups is 1. The summed E-state index contributed by atoms with van der Waals surface area (Å²) in [4.78, 5) is 0. The van der Waals surface area contributed by atoms with Gasteiger partial charge in [0.15, 0.2) is 0 Å². The monoisotopic (exact) mass is 279 g/mol. The number of hydrogen-bond donors (Lipinski definition) is 2. The molecule has 2 aliphatic rings. The van der Waals surface area contributed by atoms with Gasteiger partial charge in [-0.15, -0.1) is 0 Å². The number of anilines is 1. The van der Waals surface area contributed by atoms with E-state index in [1.807, 2.05) is 24.3 Å². The lowest BCUT2D eigenvalue weighted by atomic mass is 9.65. The van der Waals surface area contributed by atoms with Gasteiger partial charge in [0.05, 0.1) is 11.6 Å². The third-order valence-corrected chi connectivity index (χ3v) is 5.14. The molecule has 19 heavy (non-hydrogen) atoms. The van der Waals surface area contributed by atoms with Gasteiger partial charge in [-0.05, 0) is 49.8 Å². The lowest BCUT2D eigenvalue weighted by molar-refractivity contribution is -0.0835. The molecule has 0 aromatic heterocycles. The molecule has 0 saturated heterocycles. The van der Waals surface area contributed by atoms with Crippen molar-refractivity contribution in [2.24, 2.45) is 5.92 Å². The number of rotatable bonds is 2. The molecule has 2 nitrogen and oxygen atoms in total. The molecule has 3 rings (SSSR count). The highest BCUT2D eigenvalue weighted by Gasteiger charge is 2.47. The predicted octanol–water partition coefficient (Wildman–Crippen LogP) is 4.23. The normalized spacial score (nSPS) is 34.6. The van der Waals surface area contributed by atoms with Gasteiger partial charge in [-0.2, -0.15) is 0 Å². The zero-order valence-electron chi connectivity index (χ0n) is 11.2. The van der Waals surface area contributed by atoms with Crippen LogP contribution >= 0.6 is 11.6 Å². The summed E-state index contributed by atoms with van der Waals surface area (Å²) in [7, 11) is 0. The molecular formula is C16H22ClNO. The number of fused-ring (bicyclic) bond motifs is 1. The van der Waals surface area contributed by atoms with Crippen LogP contribution in [0, 0.1) is 5.92 Å². The Hall–Kier alpha value is -0.730. The predicted molar refractivity (Wildman–Crippen MR) is 79.6 cm³/mol. The second-order valence-electron chi connectivity index (χ2n) is 6.07. The third-order valence-electron chi connectivity index (χ3n) is 4.90. The van der Waals surface area contributed by atoms with E-state index in [4.69, 9.17) is 11.6 Å². The molecule has 3 atom stereocenters. The Balaban J connectivity index is 1.79. The average Bonchev–Trinajstić information content (AvgIpc) is 2.40. The van der Waals surface area contributed by atoms with Crippen molar-refractivity contribution in [1.82, 2.24) is 0 Å². The van der Waals surface area contributed by atoms with Crippen molar-refractivity contribution in [2.45, 2.75) is 56.6 Å². The van der Waals surface area contributed by atoms with Gasteiger partial charge in [0.2, 0.25) is 0 Å². The molecule has 0 heterocycles. The molecule has 2 saturated carbocycles. The minimum atomic E-state index is -0.515. The quantitative estimate of drug-likeness (QED) is 0.849. The summed E-state index contributed by atoms with van der Waals surface area (Å²) in [5.41, 5.74) is 0.510. The fourth-order valence-electron chi connectivity index (χ4n) is 3.90. The summed E-state index contributed by atoms with van der Waals surface area (Å²) >= 11 is 6.03. The van der Waals surface area contributed by atoms with E-state index in [0.29, 0.717) is 5.92 Å². The molecule has 2 fully saturated rings. The van der Waals surface area contributed by atoms with Crippen molar-refractivity contribution in [3.63, 3.8) is 0 Å². The van der Waals surface area contributed by atoms with Crippen LogP contribution in [0.1, 0.15) is 44.9 Å². The highest BCUT2D eigenvalue weighted by Crippen LogP contribution is 2.44. The van der Waals surface area contributed by atoms with Crippen LogP contribution in [0.25, 0.3) is 0 Å². The number of halogens is 1. The van der Waals surface area contributed by atoms with Gasteiger partial charge >= 0.3 is 0 Å². The molecular weight excluding hydrogens is 258 g/mol. The Morgan fingerprint density at radius 1 is 1.16 bits per heavy atom. The lowest BCUT2D eigenvalue weighted by Gasteiger charge is -2.49. The maximum atomic E-state index is 11.1. The fraction of sp³-hybridized carbons (Fsp3) is 0.625. The molecule has 1 aromatic carbocycles. The minimum absolute atomic E-state index is 0.171. The van der Waals surface area contributed by atoms with E-state index in [0.717, 1.165) is 30.0 Å². The Kier molecular flexibility index (Phi) is 3.72. The van der Waals surface area contributed by atoms with E-state index in [1.54, 1.807) is 0 Å². The first-order valence-electron chi connectivity index (χ1n) is 7.43. The third kappa shape index (κ3) is 2.61. The van der Waals surface area contributed by atoms with Gasteiger partial charge < -0.3 is 10.4 Å². The van der Waals surface area contributed by atoms with Gasteiger partial charge in [-0.1, -0.05) is 36.9 Å². The molecule has 0 bridgehead atoms. The van der Waals surface area contributed by atoms with Crippen LogP contribution < -0.4 is 5.32 Å². The molecule has 2 aliphatic carbocycles. The van der Waals surface area contributed by atoms with E-state index in [1.165, 1.54) is 25.7 Å². The standard InChI is InChI=1S/C16H22ClNO/c17-13-7-4-8-14(11-13)18-15-9-3-6-12-5-1-2-10-16(12,15)19/h4,7-8,11-12,15,18-19H,1-3,5-6,9-10H2/t12-,15+,16-/m1/s1. The van der Waals surface area contributed by atoms with Crippen molar-refractivity contribution in [3.8, 4) is 0 Å². The summed E-state index contributed by atoms with van der Waals surface area (Å²) in [5.74, 6) is 0.478. The molecule has 1 aromatic rings. The first-order chi connectivity index (χ1) is 9.18. The second-order valence-corrected chi connectivity index (χ2v) is 6.51. The zero-order chi connectivity index (χ0) is 13.3. The average molecular weight is 280 g/mol. The van der Waals surface area contributed by atoms with Crippen LogP contribution in [0.5, 0.6) is 0 Å². The van der Waals surface area contributed by atoms with Crippen LogP contribution in [0.2, 0.25) is 5.02 Å². The van der Waals surface area contributed by atoms with Crippen LogP contribution in [0.3, 0.4) is 0 Å². The van der Waals surface area contributed by atoms with Gasteiger partial charge in [-0.25, -0.2) is 0 Å². The van der Waals surface area contributed by atoms with E-state index in [-0.39, 0.29) is 6.04 Å². The van der Waals surface area contributed by atoms with Crippen LogP contribution in [0.15, 0.2) is 24.3 Å². The van der Waals surface area contributed by atoms with Crippen LogP contribution in [-0.4, -0.2) is 16.7 Å². The number of hydrogen-bond acceptors (Lipinski definition) is 2. The second kappa shape index (κ2) is 5.34. The smallest absolute Gasteiger partial charge is 0.0875 e. The molecule has 0 unspecified atom stereocenters. The summed E-state index contributed by atoms with van der Waals surface area (Å²) in [6.07, 6.45) is 8.01. The Labute approximate surface area is 120 Å². The lowest BCUT2D eigenvalue weighted by Crippen LogP contribution is -2.56.